The Balaban J connectivity index is 1.32. The molecule has 5 nitrogen and oxygen atoms in total. The third-order valence-corrected chi connectivity index (χ3v) is 6.77. The van der Waals surface area contributed by atoms with Gasteiger partial charge in [-0.15, -0.1) is 0 Å². The number of benzene rings is 1. The summed E-state index contributed by atoms with van der Waals surface area (Å²) < 4.78 is 2.07. The molecule has 0 spiro atoms. The van der Waals surface area contributed by atoms with Crippen LogP contribution >= 0.6 is 11.8 Å². The van der Waals surface area contributed by atoms with Crippen LogP contribution in [0.5, 0.6) is 0 Å². The van der Waals surface area contributed by atoms with Crippen molar-refractivity contribution in [2.75, 3.05) is 31.9 Å². The highest BCUT2D eigenvalue weighted by molar-refractivity contribution is 7.99. The Hall–Kier alpha value is -1.79. The minimum atomic E-state index is 0.227. The normalized spacial score (nSPS) is 18.9. The van der Waals surface area contributed by atoms with E-state index in [0.29, 0.717) is 5.75 Å². The molecule has 0 unspecified atom stereocenters. The Morgan fingerprint density at radius 3 is 2.63 bits per heavy atom. The first-order valence-corrected chi connectivity index (χ1v) is 10.9. The van der Waals surface area contributed by atoms with E-state index in [1.165, 1.54) is 43.0 Å². The van der Waals surface area contributed by atoms with Crippen LogP contribution in [0.2, 0.25) is 0 Å². The Labute approximate surface area is 165 Å². The molecule has 1 aliphatic heterocycles. The lowest BCUT2D eigenvalue weighted by atomic mass is 10.2. The van der Waals surface area contributed by atoms with E-state index in [0.717, 1.165) is 43.1 Å². The van der Waals surface area contributed by atoms with Crippen LogP contribution in [0, 0.1) is 6.92 Å². The SMILES string of the molecule is Cc1ccccc1-n1ccnc1SCC(=O)N1CCN(C2CCCC2)CC1. The molecule has 6 heteroatoms. The molecule has 1 aliphatic carbocycles. The monoisotopic (exact) mass is 384 g/mol. The van der Waals surface area contributed by atoms with E-state index < -0.39 is 0 Å². The standard InChI is InChI=1S/C21H28N4OS/c1-17-6-2-5-9-19(17)25-11-10-22-21(25)27-16-20(26)24-14-12-23(13-15-24)18-7-3-4-8-18/h2,5-6,9-11,18H,3-4,7-8,12-16H2,1H3. The highest BCUT2D eigenvalue weighted by atomic mass is 32.2. The first-order valence-electron chi connectivity index (χ1n) is 9.96. The van der Waals surface area contributed by atoms with Gasteiger partial charge in [0.15, 0.2) is 5.16 Å². The van der Waals surface area contributed by atoms with E-state index in [4.69, 9.17) is 0 Å². The summed E-state index contributed by atoms with van der Waals surface area (Å²) in [6, 6.07) is 9.02. The highest BCUT2D eigenvalue weighted by Gasteiger charge is 2.27. The summed E-state index contributed by atoms with van der Waals surface area (Å²) in [4.78, 5) is 21.8. The zero-order valence-electron chi connectivity index (χ0n) is 16.0. The molecule has 1 aromatic heterocycles. The zero-order chi connectivity index (χ0) is 18.6. The molecule has 2 fully saturated rings. The van der Waals surface area contributed by atoms with E-state index in [9.17, 15) is 4.79 Å². The van der Waals surface area contributed by atoms with Gasteiger partial charge in [-0.1, -0.05) is 42.8 Å². The molecule has 0 radical (unpaired) electrons. The number of piperazine rings is 1. The lowest BCUT2D eigenvalue weighted by molar-refractivity contribution is -0.130. The predicted molar refractivity (Wildman–Crippen MR) is 109 cm³/mol. The van der Waals surface area contributed by atoms with Gasteiger partial charge in [0.1, 0.15) is 0 Å². The van der Waals surface area contributed by atoms with Crippen LogP contribution < -0.4 is 0 Å². The van der Waals surface area contributed by atoms with Crippen LogP contribution in [-0.4, -0.2) is 63.2 Å². The van der Waals surface area contributed by atoms with Crippen molar-refractivity contribution in [3.8, 4) is 5.69 Å². The number of carbonyl (C=O) groups is 1. The predicted octanol–water partition coefficient (Wildman–Crippen LogP) is 3.36. The maximum atomic E-state index is 12.7. The highest BCUT2D eigenvalue weighted by Crippen LogP contribution is 2.25. The fourth-order valence-electron chi connectivity index (χ4n) is 4.24. The number of carbonyl (C=O) groups excluding carboxylic acids is 1. The van der Waals surface area contributed by atoms with Crippen LogP contribution in [0.3, 0.4) is 0 Å². The molecule has 27 heavy (non-hydrogen) atoms. The van der Waals surface area contributed by atoms with Crippen molar-refractivity contribution >= 4 is 17.7 Å². The van der Waals surface area contributed by atoms with E-state index in [1.54, 1.807) is 6.20 Å². The third-order valence-electron chi connectivity index (χ3n) is 5.81. The van der Waals surface area contributed by atoms with Gasteiger partial charge < -0.3 is 4.90 Å². The second-order valence-corrected chi connectivity index (χ2v) is 8.45. The molecule has 2 aromatic rings. The molecule has 144 valence electrons. The summed E-state index contributed by atoms with van der Waals surface area (Å²) in [5.41, 5.74) is 2.32. The average Bonchev–Trinajstić information content (AvgIpc) is 3.39. The Morgan fingerprint density at radius 2 is 1.89 bits per heavy atom. The fraction of sp³-hybridized carbons (Fsp3) is 0.524. The summed E-state index contributed by atoms with van der Waals surface area (Å²) >= 11 is 1.53. The number of aromatic nitrogens is 2. The maximum Gasteiger partial charge on any atom is 0.233 e. The number of imidazole rings is 1. The first kappa shape index (κ1) is 18.6. The number of rotatable bonds is 5. The molecular formula is C21H28N4OS. The summed E-state index contributed by atoms with van der Waals surface area (Å²) in [7, 11) is 0. The molecule has 0 atom stereocenters. The van der Waals surface area contributed by atoms with Crippen molar-refractivity contribution in [2.24, 2.45) is 0 Å². The fourth-order valence-corrected chi connectivity index (χ4v) is 5.11. The summed E-state index contributed by atoms with van der Waals surface area (Å²) in [6.07, 6.45) is 9.19. The lowest BCUT2D eigenvalue weighted by Gasteiger charge is -2.38. The molecule has 1 saturated carbocycles. The minimum Gasteiger partial charge on any atom is -0.339 e. The Kier molecular flexibility index (Phi) is 5.83. The molecule has 1 amide bonds. The number of aryl methyl sites for hydroxylation is 1. The quantitative estimate of drug-likeness (QED) is 0.742. The zero-order valence-corrected chi connectivity index (χ0v) is 16.8. The van der Waals surface area contributed by atoms with Crippen molar-refractivity contribution in [3.63, 3.8) is 0 Å². The minimum absolute atomic E-state index is 0.227. The van der Waals surface area contributed by atoms with Crippen molar-refractivity contribution in [1.82, 2.24) is 19.4 Å². The molecule has 4 rings (SSSR count). The number of thioether (sulfide) groups is 1. The van der Waals surface area contributed by atoms with Crippen molar-refractivity contribution in [3.05, 3.63) is 42.2 Å². The molecule has 0 N–H and O–H groups in total. The van der Waals surface area contributed by atoms with Gasteiger partial charge in [-0.25, -0.2) is 4.98 Å². The molecule has 0 bridgehead atoms. The molecule has 2 aliphatic rings. The van der Waals surface area contributed by atoms with Gasteiger partial charge in [0.2, 0.25) is 5.91 Å². The maximum absolute atomic E-state index is 12.7. The number of hydrogen-bond donors (Lipinski definition) is 0. The Bertz CT molecular complexity index is 776. The van der Waals surface area contributed by atoms with Crippen LogP contribution in [-0.2, 0) is 4.79 Å². The van der Waals surface area contributed by atoms with Crippen molar-refractivity contribution in [2.45, 2.75) is 43.8 Å². The number of hydrogen-bond acceptors (Lipinski definition) is 4. The van der Waals surface area contributed by atoms with Gasteiger partial charge in [-0.2, -0.15) is 0 Å². The van der Waals surface area contributed by atoms with Crippen LogP contribution in [0.4, 0.5) is 0 Å². The van der Waals surface area contributed by atoms with Gasteiger partial charge in [0.25, 0.3) is 0 Å². The summed E-state index contributed by atoms with van der Waals surface area (Å²) in [6.45, 7) is 5.88. The average molecular weight is 385 g/mol. The van der Waals surface area contributed by atoms with Crippen LogP contribution in [0.15, 0.2) is 41.8 Å². The van der Waals surface area contributed by atoms with Crippen LogP contribution in [0.25, 0.3) is 5.69 Å². The van der Waals surface area contributed by atoms with E-state index in [2.05, 4.69) is 33.5 Å². The third kappa shape index (κ3) is 4.22. The van der Waals surface area contributed by atoms with Gasteiger partial charge in [0.05, 0.1) is 11.4 Å². The van der Waals surface area contributed by atoms with E-state index in [1.807, 2.05) is 23.2 Å². The van der Waals surface area contributed by atoms with E-state index in [-0.39, 0.29) is 5.91 Å². The van der Waals surface area contributed by atoms with E-state index >= 15 is 0 Å². The summed E-state index contributed by atoms with van der Waals surface area (Å²) in [5.74, 6) is 0.678. The number of amides is 1. The smallest absolute Gasteiger partial charge is 0.233 e. The largest absolute Gasteiger partial charge is 0.339 e. The molecule has 1 aromatic carbocycles. The van der Waals surface area contributed by atoms with Crippen LogP contribution in [0.1, 0.15) is 31.2 Å². The van der Waals surface area contributed by atoms with Crippen molar-refractivity contribution < 1.29 is 4.79 Å². The van der Waals surface area contributed by atoms with Gasteiger partial charge >= 0.3 is 0 Å². The number of para-hydroxylation sites is 1. The molecule has 1 saturated heterocycles. The Morgan fingerprint density at radius 1 is 1.15 bits per heavy atom. The molecule has 2 heterocycles. The van der Waals surface area contributed by atoms with Gasteiger partial charge in [-0.05, 0) is 31.4 Å². The second kappa shape index (κ2) is 8.48. The topological polar surface area (TPSA) is 41.4 Å². The summed E-state index contributed by atoms with van der Waals surface area (Å²) in [5, 5.41) is 0.877. The molecular weight excluding hydrogens is 356 g/mol. The van der Waals surface area contributed by atoms with Gasteiger partial charge in [-0.3, -0.25) is 14.3 Å². The second-order valence-electron chi connectivity index (χ2n) is 7.51. The number of nitrogens with zero attached hydrogens (tertiary/aromatic N) is 4. The van der Waals surface area contributed by atoms with Crippen molar-refractivity contribution in [1.29, 1.82) is 0 Å². The van der Waals surface area contributed by atoms with Gasteiger partial charge in [0, 0.05) is 44.6 Å². The lowest BCUT2D eigenvalue weighted by Crippen LogP contribution is -2.51. The first-order chi connectivity index (χ1) is 13.2.